The van der Waals surface area contributed by atoms with E-state index in [4.69, 9.17) is 4.74 Å². The van der Waals surface area contributed by atoms with Crippen LogP contribution in [0.4, 0.5) is 16.2 Å². The van der Waals surface area contributed by atoms with Crippen molar-refractivity contribution in [2.45, 2.75) is 6.42 Å². The van der Waals surface area contributed by atoms with Gasteiger partial charge < -0.3 is 10.1 Å². The van der Waals surface area contributed by atoms with Crippen LogP contribution in [-0.4, -0.2) is 19.7 Å². The Morgan fingerprint density at radius 2 is 1.90 bits per heavy atom. The molecule has 0 aliphatic carbocycles. The van der Waals surface area contributed by atoms with Crippen molar-refractivity contribution in [3.05, 3.63) is 54.1 Å². The van der Waals surface area contributed by atoms with Gasteiger partial charge in [0.2, 0.25) is 0 Å². The first-order valence-electron chi connectivity index (χ1n) is 6.58. The summed E-state index contributed by atoms with van der Waals surface area (Å²) in [5, 5.41) is 2.91. The lowest BCUT2D eigenvalue weighted by molar-refractivity contribution is 0.257. The summed E-state index contributed by atoms with van der Waals surface area (Å²) < 4.78 is 5.10. The van der Waals surface area contributed by atoms with Gasteiger partial charge in [-0.2, -0.15) is 0 Å². The van der Waals surface area contributed by atoms with Crippen LogP contribution in [0, 0.1) is 0 Å². The van der Waals surface area contributed by atoms with Crippen molar-refractivity contribution in [2.75, 3.05) is 23.9 Å². The molecule has 4 heteroatoms. The van der Waals surface area contributed by atoms with E-state index in [1.165, 1.54) is 5.56 Å². The lowest BCUT2D eigenvalue weighted by Gasteiger charge is -2.18. The molecule has 0 atom stereocenters. The monoisotopic (exact) mass is 268 g/mol. The van der Waals surface area contributed by atoms with Gasteiger partial charge in [-0.15, -0.1) is 0 Å². The standard InChI is InChI=1S/C16H16N2O2/c1-20-14-8-6-13(7-9-14)17-16(19)18-11-10-12-4-2-3-5-15(12)18/h2-9H,10-11H2,1H3,(H,17,19). The third kappa shape index (κ3) is 2.32. The van der Waals surface area contributed by atoms with Crippen LogP contribution in [0.5, 0.6) is 5.75 Å². The molecule has 0 saturated heterocycles. The number of carbonyl (C=O) groups excluding carboxylic acids is 1. The molecule has 20 heavy (non-hydrogen) atoms. The molecule has 0 unspecified atom stereocenters. The Labute approximate surface area is 118 Å². The van der Waals surface area contributed by atoms with Crippen LogP contribution in [-0.2, 0) is 6.42 Å². The van der Waals surface area contributed by atoms with Crippen molar-refractivity contribution in [2.24, 2.45) is 0 Å². The second-order valence-corrected chi connectivity index (χ2v) is 4.69. The third-order valence-electron chi connectivity index (χ3n) is 3.47. The maximum absolute atomic E-state index is 12.3. The molecular weight excluding hydrogens is 252 g/mol. The second kappa shape index (κ2) is 5.25. The number of nitrogens with zero attached hydrogens (tertiary/aromatic N) is 1. The molecule has 0 bridgehead atoms. The van der Waals surface area contributed by atoms with Gasteiger partial charge in [0.05, 0.1) is 7.11 Å². The normalized spacial score (nSPS) is 12.9. The molecular formula is C16H16N2O2. The molecule has 1 heterocycles. The smallest absolute Gasteiger partial charge is 0.326 e. The second-order valence-electron chi connectivity index (χ2n) is 4.69. The van der Waals surface area contributed by atoms with Crippen molar-refractivity contribution in [3.63, 3.8) is 0 Å². The molecule has 0 aromatic heterocycles. The first kappa shape index (κ1) is 12.5. The molecule has 2 amide bonds. The molecule has 4 nitrogen and oxygen atoms in total. The van der Waals surface area contributed by atoms with Crippen molar-refractivity contribution < 1.29 is 9.53 Å². The minimum Gasteiger partial charge on any atom is -0.497 e. The zero-order valence-electron chi connectivity index (χ0n) is 11.3. The van der Waals surface area contributed by atoms with E-state index in [-0.39, 0.29) is 6.03 Å². The van der Waals surface area contributed by atoms with Crippen LogP contribution >= 0.6 is 0 Å². The van der Waals surface area contributed by atoms with Crippen molar-refractivity contribution in [1.82, 2.24) is 0 Å². The fraction of sp³-hybridized carbons (Fsp3) is 0.188. The fourth-order valence-electron chi connectivity index (χ4n) is 2.41. The molecule has 1 aliphatic rings. The molecule has 1 aliphatic heterocycles. The van der Waals surface area contributed by atoms with Gasteiger partial charge in [0.25, 0.3) is 0 Å². The Balaban J connectivity index is 1.74. The molecule has 3 rings (SSSR count). The van der Waals surface area contributed by atoms with Gasteiger partial charge in [-0.25, -0.2) is 4.79 Å². The number of methoxy groups -OCH3 is 1. The largest absolute Gasteiger partial charge is 0.497 e. The first-order chi connectivity index (χ1) is 9.78. The highest BCUT2D eigenvalue weighted by Crippen LogP contribution is 2.28. The van der Waals surface area contributed by atoms with Crippen LogP contribution in [0.2, 0.25) is 0 Å². The van der Waals surface area contributed by atoms with E-state index in [0.717, 1.165) is 30.1 Å². The topological polar surface area (TPSA) is 41.6 Å². The van der Waals surface area contributed by atoms with Gasteiger partial charge in [0.1, 0.15) is 5.75 Å². The van der Waals surface area contributed by atoms with Gasteiger partial charge in [-0.1, -0.05) is 18.2 Å². The SMILES string of the molecule is COc1ccc(NC(=O)N2CCc3ccccc32)cc1. The highest BCUT2D eigenvalue weighted by Gasteiger charge is 2.23. The highest BCUT2D eigenvalue weighted by molar-refractivity contribution is 6.03. The summed E-state index contributed by atoms with van der Waals surface area (Å²) in [6.07, 6.45) is 0.909. The first-order valence-corrected chi connectivity index (χ1v) is 6.58. The zero-order chi connectivity index (χ0) is 13.9. The van der Waals surface area contributed by atoms with E-state index in [1.54, 1.807) is 12.0 Å². The molecule has 2 aromatic rings. The number of rotatable bonds is 2. The summed E-state index contributed by atoms with van der Waals surface area (Å²) in [4.78, 5) is 14.1. The number of carbonyl (C=O) groups is 1. The van der Waals surface area contributed by atoms with E-state index < -0.39 is 0 Å². The van der Waals surface area contributed by atoms with Crippen LogP contribution < -0.4 is 15.0 Å². The number of amides is 2. The number of benzene rings is 2. The van der Waals surface area contributed by atoms with Gasteiger partial charge >= 0.3 is 6.03 Å². The summed E-state index contributed by atoms with van der Waals surface area (Å²) in [5.74, 6) is 0.773. The van der Waals surface area contributed by atoms with Gasteiger partial charge in [-0.3, -0.25) is 4.90 Å². The average Bonchev–Trinajstić information content (AvgIpc) is 2.92. The molecule has 2 aromatic carbocycles. The molecule has 0 saturated carbocycles. The lowest BCUT2D eigenvalue weighted by Crippen LogP contribution is -2.33. The van der Waals surface area contributed by atoms with E-state index in [0.29, 0.717) is 0 Å². The van der Waals surface area contributed by atoms with Crippen LogP contribution in [0.25, 0.3) is 0 Å². The summed E-state index contributed by atoms with van der Waals surface area (Å²) in [6, 6.07) is 15.2. The molecule has 0 spiro atoms. The maximum Gasteiger partial charge on any atom is 0.326 e. The molecule has 102 valence electrons. The predicted molar refractivity (Wildman–Crippen MR) is 79.5 cm³/mol. The van der Waals surface area contributed by atoms with Crippen LogP contribution in [0.3, 0.4) is 0 Å². The Morgan fingerprint density at radius 3 is 2.65 bits per heavy atom. The van der Waals surface area contributed by atoms with Crippen LogP contribution in [0.15, 0.2) is 48.5 Å². The quantitative estimate of drug-likeness (QED) is 0.908. The number of hydrogen-bond acceptors (Lipinski definition) is 2. The number of ether oxygens (including phenoxy) is 1. The van der Waals surface area contributed by atoms with Crippen molar-refractivity contribution in [3.8, 4) is 5.75 Å². The number of anilines is 2. The number of fused-ring (bicyclic) bond motifs is 1. The van der Waals surface area contributed by atoms with E-state index in [1.807, 2.05) is 42.5 Å². The highest BCUT2D eigenvalue weighted by atomic mass is 16.5. The Morgan fingerprint density at radius 1 is 1.15 bits per heavy atom. The average molecular weight is 268 g/mol. The Bertz CT molecular complexity index is 623. The van der Waals surface area contributed by atoms with Crippen LogP contribution in [0.1, 0.15) is 5.56 Å². The number of nitrogens with one attached hydrogen (secondary N) is 1. The Hall–Kier alpha value is -2.49. The molecule has 0 radical (unpaired) electrons. The summed E-state index contributed by atoms with van der Waals surface area (Å²) in [7, 11) is 1.62. The zero-order valence-corrected chi connectivity index (χ0v) is 11.3. The number of para-hydroxylation sites is 1. The van der Waals surface area contributed by atoms with E-state index in [9.17, 15) is 4.79 Å². The van der Waals surface area contributed by atoms with Gasteiger partial charge in [-0.05, 0) is 42.3 Å². The van der Waals surface area contributed by atoms with Crippen molar-refractivity contribution >= 4 is 17.4 Å². The van der Waals surface area contributed by atoms with E-state index in [2.05, 4.69) is 11.4 Å². The summed E-state index contributed by atoms with van der Waals surface area (Å²) >= 11 is 0. The van der Waals surface area contributed by atoms with Crippen molar-refractivity contribution in [1.29, 1.82) is 0 Å². The minimum atomic E-state index is -0.0971. The summed E-state index contributed by atoms with van der Waals surface area (Å²) in [5.41, 5.74) is 2.98. The molecule has 0 fully saturated rings. The maximum atomic E-state index is 12.3. The van der Waals surface area contributed by atoms with E-state index >= 15 is 0 Å². The molecule has 1 N–H and O–H groups in total. The summed E-state index contributed by atoms with van der Waals surface area (Å²) in [6.45, 7) is 0.724. The third-order valence-corrected chi connectivity index (χ3v) is 3.47. The minimum absolute atomic E-state index is 0.0971. The number of urea groups is 1. The Kier molecular flexibility index (Phi) is 3.29. The number of hydrogen-bond donors (Lipinski definition) is 1. The fourth-order valence-corrected chi connectivity index (χ4v) is 2.41. The predicted octanol–water partition coefficient (Wildman–Crippen LogP) is 3.29. The van der Waals surface area contributed by atoms with Gasteiger partial charge in [0.15, 0.2) is 0 Å². The lowest BCUT2D eigenvalue weighted by atomic mass is 10.2. The van der Waals surface area contributed by atoms with Gasteiger partial charge in [0, 0.05) is 17.9 Å².